The average molecular weight is 508 g/mol. The Morgan fingerprint density at radius 2 is 2.00 bits per heavy atom. The molecule has 0 saturated carbocycles. The van der Waals surface area contributed by atoms with Crippen molar-refractivity contribution in [1.29, 1.82) is 0 Å². The van der Waals surface area contributed by atoms with Gasteiger partial charge >= 0.3 is 6.18 Å². The average Bonchev–Trinajstić information content (AvgIpc) is 3.26. The van der Waals surface area contributed by atoms with Crippen LogP contribution in [0, 0.1) is 0 Å². The number of fused-ring (bicyclic) bond motifs is 1. The maximum atomic E-state index is 13.2. The number of nitrogens with zero attached hydrogens (tertiary/aromatic N) is 2. The molecule has 4 rings (SSSR count). The first-order valence-corrected chi connectivity index (χ1v) is 13.1. The molecular formula is C25H28F3N3O3S. The molecule has 3 aromatic rings. The van der Waals surface area contributed by atoms with Crippen molar-refractivity contribution in [2.45, 2.75) is 48.8 Å². The number of sulfone groups is 1. The summed E-state index contributed by atoms with van der Waals surface area (Å²) in [4.78, 5) is 3.90. The quantitative estimate of drug-likeness (QED) is 0.460. The number of aromatic nitrogens is 2. The van der Waals surface area contributed by atoms with E-state index in [9.17, 15) is 21.6 Å². The Balaban J connectivity index is 1.44. The zero-order valence-corrected chi connectivity index (χ0v) is 20.1. The summed E-state index contributed by atoms with van der Waals surface area (Å²) in [5.41, 5.74) is 8.40. The molecule has 0 aliphatic heterocycles. The highest BCUT2D eigenvalue weighted by molar-refractivity contribution is 7.91. The van der Waals surface area contributed by atoms with E-state index in [0.29, 0.717) is 24.2 Å². The Labute approximate surface area is 202 Å². The molecule has 2 N–H and O–H groups in total. The molecule has 2 unspecified atom stereocenters. The molecule has 35 heavy (non-hydrogen) atoms. The van der Waals surface area contributed by atoms with E-state index in [1.54, 1.807) is 17.7 Å². The van der Waals surface area contributed by atoms with Gasteiger partial charge in [-0.1, -0.05) is 24.3 Å². The van der Waals surface area contributed by atoms with Gasteiger partial charge in [0, 0.05) is 25.2 Å². The molecule has 0 saturated heterocycles. The summed E-state index contributed by atoms with van der Waals surface area (Å²) in [6.07, 6.45) is 0.742. The number of hydrogen-bond acceptors (Lipinski definition) is 5. The Morgan fingerprint density at radius 3 is 2.71 bits per heavy atom. The molecule has 188 valence electrons. The molecule has 1 heterocycles. The van der Waals surface area contributed by atoms with Gasteiger partial charge in [-0.2, -0.15) is 13.2 Å². The van der Waals surface area contributed by atoms with E-state index in [4.69, 9.17) is 10.5 Å². The number of alkyl halides is 3. The Kier molecular flexibility index (Phi) is 7.23. The minimum absolute atomic E-state index is 0.0419. The molecule has 2 atom stereocenters. The molecule has 0 bridgehead atoms. The summed E-state index contributed by atoms with van der Waals surface area (Å²) in [7, 11) is -1.78. The number of benzene rings is 2. The molecule has 0 amide bonds. The van der Waals surface area contributed by atoms with Crippen molar-refractivity contribution in [1.82, 2.24) is 9.55 Å². The number of aryl methyl sites for hydroxylation is 2. The molecule has 0 spiro atoms. The topological polar surface area (TPSA) is 87.2 Å². The smallest absolute Gasteiger partial charge is 0.416 e. The zero-order chi connectivity index (χ0) is 25.2. The minimum Gasteiger partial charge on any atom is -0.494 e. The van der Waals surface area contributed by atoms with Gasteiger partial charge in [0.05, 0.1) is 24.3 Å². The van der Waals surface area contributed by atoms with E-state index in [0.717, 1.165) is 30.0 Å². The highest BCUT2D eigenvalue weighted by atomic mass is 32.2. The van der Waals surface area contributed by atoms with Crippen molar-refractivity contribution < 1.29 is 26.3 Å². The van der Waals surface area contributed by atoms with Gasteiger partial charge in [-0.3, -0.25) is 0 Å². The highest BCUT2D eigenvalue weighted by Crippen LogP contribution is 2.37. The summed E-state index contributed by atoms with van der Waals surface area (Å²) < 4.78 is 71.6. The first-order valence-electron chi connectivity index (χ1n) is 11.4. The van der Waals surface area contributed by atoms with Crippen LogP contribution in [-0.2, 0) is 35.9 Å². The van der Waals surface area contributed by atoms with Crippen LogP contribution in [-0.4, -0.2) is 36.4 Å². The van der Waals surface area contributed by atoms with Gasteiger partial charge < -0.3 is 15.0 Å². The summed E-state index contributed by atoms with van der Waals surface area (Å²) in [5.74, 6) is 0.357. The fourth-order valence-corrected chi connectivity index (χ4v) is 5.71. The summed E-state index contributed by atoms with van der Waals surface area (Å²) in [6.45, 7) is 0.204. The maximum absolute atomic E-state index is 13.2. The first kappa shape index (κ1) is 25.2. The second kappa shape index (κ2) is 10.0. The third kappa shape index (κ3) is 6.05. The molecule has 2 aromatic carbocycles. The number of halogens is 3. The number of ether oxygens (including phenoxy) is 1. The second-order valence-electron chi connectivity index (χ2n) is 8.97. The van der Waals surface area contributed by atoms with Crippen LogP contribution >= 0.6 is 0 Å². The van der Waals surface area contributed by atoms with Crippen LogP contribution in [0.3, 0.4) is 0 Å². The van der Waals surface area contributed by atoms with Crippen LogP contribution in [0.25, 0.3) is 0 Å². The summed E-state index contributed by atoms with van der Waals surface area (Å²) >= 11 is 0. The predicted octanol–water partition coefficient (Wildman–Crippen LogP) is 4.28. The van der Waals surface area contributed by atoms with E-state index in [-0.39, 0.29) is 29.3 Å². The van der Waals surface area contributed by atoms with Gasteiger partial charge in [0.15, 0.2) is 14.9 Å². The van der Waals surface area contributed by atoms with Crippen molar-refractivity contribution >= 4 is 9.84 Å². The van der Waals surface area contributed by atoms with Gasteiger partial charge in [0.25, 0.3) is 0 Å². The predicted molar refractivity (Wildman–Crippen MR) is 126 cm³/mol. The number of hydrogen-bond donors (Lipinski definition) is 1. The van der Waals surface area contributed by atoms with E-state index in [2.05, 4.69) is 4.98 Å². The van der Waals surface area contributed by atoms with Crippen molar-refractivity contribution in [2.75, 3.05) is 12.4 Å². The Hall–Kier alpha value is -2.85. The van der Waals surface area contributed by atoms with Crippen LogP contribution < -0.4 is 10.5 Å². The lowest BCUT2D eigenvalue weighted by Crippen LogP contribution is -2.34. The molecule has 1 aliphatic rings. The Bertz CT molecular complexity index is 1290. The second-order valence-corrected chi connectivity index (χ2v) is 11.0. The maximum Gasteiger partial charge on any atom is 0.416 e. The van der Waals surface area contributed by atoms with E-state index in [1.807, 2.05) is 18.2 Å². The van der Waals surface area contributed by atoms with E-state index in [1.165, 1.54) is 24.7 Å². The van der Waals surface area contributed by atoms with Gasteiger partial charge in [-0.15, -0.1) is 0 Å². The van der Waals surface area contributed by atoms with Gasteiger partial charge in [0.1, 0.15) is 5.75 Å². The van der Waals surface area contributed by atoms with E-state index >= 15 is 0 Å². The van der Waals surface area contributed by atoms with Crippen LogP contribution in [0.1, 0.15) is 41.0 Å². The normalized spacial score (nSPS) is 18.3. The standard InChI is InChI=1S/C25H28F3N3O3S/c1-31-15-24(30-16-31)35(32,33)11-3-10-34-20-8-6-18-7-9-23(29)22(21(18)14-20)13-17-4-2-5-19(12-17)25(26,27)28/h2,4-6,8,12,14-16,22-23H,3,7,9-11,13,29H2,1H3. The largest absolute Gasteiger partial charge is 0.494 e. The summed E-state index contributed by atoms with van der Waals surface area (Å²) in [5, 5.41) is 0.0419. The zero-order valence-electron chi connectivity index (χ0n) is 19.3. The lowest BCUT2D eigenvalue weighted by atomic mass is 9.76. The molecule has 1 aromatic heterocycles. The van der Waals surface area contributed by atoms with Crippen LogP contribution in [0.4, 0.5) is 13.2 Å². The minimum atomic E-state index is -4.40. The van der Waals surface area contributed by atoms with Crippen molar-refractivity contribution in [3.05, 3.63) is 77.2 Å². The number of rotatable bonds is 8. The highest BCUT2D eigenvalue weighted by Gasteiger charge is 2.32. The fraction of sp³-hybridized carbons (Fsp3) is 0.400. The van der Waals surface area contributed by atoms with Crippen LogP contribution in [0.2, 0.25) is 0 Å². The molecule has 1 aliphatic carbocycles. The molecule has 0 radical (unpaired) electrons. The van der Waals surface area contributed by atoms with Gasteiger partial charge in [-0.25, -0.2) is 13.4 Å². The monoisotopic (exact) mass is 507 g/mol. The van der Waals surface area contributed by atoms with Crippen molar-refractivity contribution in [3.8, 4) is 5.75 Å². The molecule has 10 heteroatoms. The first-order chi connectivity index (χ1) is 16.5. The van der Waals surface area contributed by atoms with Gasteiger partial charge in [-0.05, 0) is 60.6 Å². The fourth-order valence-electron chi connectivity index (χ4n) is 4.47. The van der Waals surface area contributed by atoms with Crippen LogP contribution in [0.15, 0.2) is 60.0 Å². The summed E-state index contributed by atoms with van der Waals surface area (Å²) in [6, 6.07) is 10.9. The molecule has 0 fully saturated rings. The van der Waals surface area contributed by atoms with Crippen molar-refractivity contribution in [2.24, 2.45) is 12.8 Å². The van der Waals surface area contributed by atoms with Gasteiger partial charge in [0.2, 0.25) is 0 Å². The lowest BCUT2D eigenvalue weighted by molar-refractivity contribution is -0.137. The molecule has 6 nitrogen and oxygen atoms in total. The molecular weight excluding hydrogens is 479 g/mol. The van der Waals surface area contributed by atoms with E-state index < -0.39 is 21.6 Å². The SMILES string of the molecule is Cn1cnc(S(=O)(=O)CCCOc2ccc3c(c2)C(Cc2cccc(C(F)(F)F)c2)C(N)CC3)c1. The van der Waals surface area contributed by atoms with Crippen LogP contribution in [0.5, 0.6) is 5.75 Å². The lowest BCUT2D eigenvalue weighted by Gasteiger charge is -2.32. The number of nitrogens with two attached hydrogens (primary N) is 1. The van der Waals surface area contributed by atoms with Crippen molar-refractivity contribution in [3.63, 3.8) is 0 Å². The third-order valence-electron chi connectivity index (χ3n) is 6.32. The Morgan fingerprint density at radius 1 is 1.20 bits per heavy atom. The third-order valence-corrected chi connectivity index (χ3v) is 7.99. The number of imidazole rings is 1.